The molecule has 0 aromatic carbocycles. The molecule has 0 saturated carbocycles. The van der Waals surface area contributed by atoms with E-state index in [2.05, 4.69) is 93.1 Å². The SMILES string of the molecule is CC(C)(C)C1=CC(F)=NC1.CC(C)(C)C1=CCC(F)=N1.CC(C)(C)C1=CCN=C1F.CC(C)(C)c1cc(F)no1.CC(C)(C)c1cc(F)ns1.CC(C)(C)c1cnc(F)o1.CC(C)(C)c1cnc(F)s1.CC(C)(C)c1coc(F)n1.CC(C)(C)c1conc1F.CC(C)(C)c1csc(F)n1.CC(C)(C)c1csnc1F.Cn1c(C(C)(C)C)cnc1F. The van der Waals surface area contributed by atoms with Gasteiger partial charge >= 0.3 is 12.3 Å². The Morgan fingerprint density at radius 1 is 0.446 bits per heavy atom. The van der Waals surface area contributed by atoms with Gasteiger partial charge in [0, 0.05) is 107 Å². The molecule has 121 heavy (non-hydrogen) atoms. The zero-order valence-electron chi connectivity index (χ0n) is 77.7. The van der Waals surface area contributed by atoms with E-state index in [1.54, 1.807) is 30.2 Å². The Morgan fingerprint density at radius 2 is 1.01 bits per heavy atom. The van der Waals surface area contributed by atoms with Gasteiger partial charge in [-0.25, -0.2) is 19.9 Å². The molecule has 0 radical (unpaired) electrons. The van der Waals surface area contributed by atoms with Crippen molar-refractivity contribution >= 4 is 63.6 Å². The van der Waals surface area contributed by atoms with Crippen molar-refractivity contribution in [2.75, 3.05) is 13.1 Å². The third-order valence-corrected chi connectivity index (χ3v) is 20.1. The Bertz CT molecular complexity index is 4340. The van der Waals surface area contributed by atoms with Gasteiger partial charge in [0.1, 0.15) is 24.0 Å². The van der Waals surface area contributed by atoms with Crippen LogP contribution in [0.5, 0.6) is 0 Å². The second-order valence-electron chi connectivity index (χ2n) is 40.3. The minimum absolute atomic E-state index is 0.00611. The minimum Gasteiger partial charge on any atom is -0.423 e. The highest BCUT2D eigenvalue weighted by atomic mass is 32.1. The number of aliphatic imine (C=N–C) groups is 3. The Labute approximate surface area is 725 Å². The molecular formula is C88H129F12N13O4S4. The lowest BCUT2D eigenvalue weighted by Crippen LogP contribution is -2.16. The van der Waals surface area contributed by atoms with Crippen LogP contribution in [0.2, 0.25) is 0 Å². The number of allylic oxidation sites excluding steroid dienone is 4. The van der Waals surface area contributed by atoms with Crippen LogP contribution in [0.1, 0.15) is 305 Å². The van der Waals surface area contributed by atoms with E-state index in [0.29, 0.717) is 47.9 Å². The van der Waals surface area contributed by atoms with Gasteiger partial charge in [-0.05, 0) is 77.5 Å². The summed E-state index contributed by atoms with van der Waals surface area (Å²) in [5.74, 6) is -1.47. The lowest BCUT2D eigenvalue weighted by Gasteiger charge is -2.18. The van der Waals surface area contributed by atoms with E-state index < -0.39 is 30.3 Å². The second kappa shape index (κ2) is 45.6. The molecule has 9 aromatic heterocycles. The maximum atomic E-state index is 12.8. The summed E-state index contributed by atoms with van der Waals surface area (Å²) in [5.41, 5.74) is 5.48. The van der Waals surface area contributed by atoms with Crippen molar-refractivity contribution in [2.24, 2.45) is 38.3 Å². The first-order valence-electron chi connectivity index (χ1n) is 38.8. The third kappa shape index (κ3) is 42.3. The number of rotatable bonds is 0. The van der Waals surface area contributed by atoms with Gasteiger partial charge < -0.3 is 22.4 Å². The van der Waals surface area contributed by atoms with Gasteiger partial charge in [0.05, 0.1) is 42.4 Å². The van der Waals surface area contributed by atoms with Crippen molar-refractivity contribution in [3.8, 4) is 0 Å². The van der Waals surface area contributed by atoms with Crippen LogP contribution in [0, 0.1) is 68.9 Å². The van der Waals surface area contributed by atoms with E-state index >= 15 is 0 Å². The zero-order chi connectivity index (χ0) is 94.2. The van der Waals surface area contributed by atoms with Crippen molar-refractivity contribution in [1.82, 2.24) is 48.5 Å². The van der Waals surface area contributed by atoms with Crippen LogP contribution in [-0.2, 0) is 55.8 Å². The molecule has 9 aromatic rings. The number of hydrogen-bond donors (Lipinski definition) is 0. The average Bonchev–Trinajstić information content (AvgIpc) is 1.71. The van der Waals surface area contributed by atoms with E-state index in [4.69, 9.17) is 4.52 Å². The smallest absolute Gasteiger partial charge is 0.381 e. The van der Waals surface area contributed by atoms with Crippen molar-refractivity contribution in [2.45, 2.75) is 304 Å². The number of imidazole rings is 1. The maximum Gasteiger partial charge on any atom is 0.381 e. The van der Waals surface area contributed by atoms with Crippen molar-refractivity contribution < 1.29 is 70.6 Å². The molecule has 0 aliphatic carbocycles. The molecule has 12 heterocycles. The van der Waals surface area contributed by atoms with E-state index in [1.807, 2.05) is 241 Å². The molecule has 3 aliphatic rings. The van der Waals surface area contributed by atoms with Crippen LogP contribution < -0.4 is 0 Å². The Kier molecular flexibility index (Phi) is 41.8. The lowest BCUT2D eigenvalue weighted by atomic mass is 9.87. The number of halogens is 12. The maximum absolute atomic E-state index is 12.8. The van der Waals surface area contributed by atoms with Gasteiger partial charge in [-0.3, -0.25) is 9.98 Å². The molecule has 0 spiro atoms. The van der Waals surface area contributed by atoms with Crippen molar-refractivity contribution in [3.05, 3.63) is 191 Å². The molecule has 3 aliphatic heterocycles. The normalized spacial score (nSPS) is 13.7. The summed E-state index contributed by atoms with van der Waals surface area (Å²) in [4.78, 5) is 30.8. The predicted octanol–water partition coefficient (Wildman–Crippen LogP) is 28.0. The molecule has 678 valence electrons. The summed E-state index contributed by atoms with van der Waals surface area (Å²) >= 11 is 4.57. The van der Waals surface area contributed by atoms with Crippen LogP contribution in [0.15, 0.2) is 122 Å². The van der Waals surface area contributed by atoms with E-state index in [-0.39, 0.29) is 105 Å². The van der Waals surface area contributed by atoms with Gasteiger partial charge in [0.25, 0.3) is 28.5 Å². The van der Waals surface area contributed by atoms with Crippen LogP contribution in [0.3, 0.4) is 0 Å². The first-order valence-corrected chi connectivity index (χ1v) is 42.1. The van der Waals surface area contributed by atoms with Gasteiger partial charge in [0.2, 0.25) is 23.8 Å². The van der Waals surface area contributed by atoms with E-state index in [0.717, 1.165) is 60.7 Å². The highest BCUT2D eigenvalue weighted by Crippen LogP contribution is 2.35. The molecule has 0 saturated heterocycles. The largest absolute Gasteiger partial charge is 0.423 e. The van der Waals surface area contributed by atoms with Crippen LogP contribution in [0.4, 0.5) is 52.7 Å². The highest BCUT2D eigenvalue weighted by Gasteiger charge is 2.29. The molecule has 0 amide bonds. The fourth-order valence-corrected chi connectivity index (χ4v) is 11.8. The van der Waals surface area contributed by atoms with Gasteiger partial charge in [-0.15, -0.1) is 8.78 Å². The number of hydrogen-bond acceptors (Lipinski definition) is 20. The highest BCUT2D eigenvalue weighted by molar-refractivity contribution is 7.10. The summed E-state index contributed by atoms with van der Waals surface area (Å²) in [5, 5.41) is 9.12. The molecular weight excluding hydrogens is 1660 g/mol. The third-order valence-electron chi connectivity index (χ3n) is 16.4. The molecule has 0 bridgehead atoms. The van der Waals surface area contributed by atoms with Gasteiger partial charge in [-0.2, -0.15) is 62.6 Å². The Morgan fingerprint density at radius 3 is 1.21 bits per heavy atom. The Balaban J connectivity index is 0.000000660. The molecule has 12 rings (SSSR count). The second-order valence-corrected chi connectivity index (χ2v) is 43.5. The molecule has 17 nitrogen and oxygen atoms in total. The first-order chi connectivity index (χ1) is 54.5. The average molecular weight is 1790 g/mol. The van der Waals surface area contributed by atoms with Crippen LogP contribution in [0.25, 0.3) is 0 Å². The fraction of sp³-hybridized carbons (Fsp3) is 0.591. The molecule has 0 unspecified atom stereocenters. The minimum atomic E-state index is -0.759. The molecule has 0 fully saturated rings. The van der Waals surface area contributed by atoms with Gasteiger partial charge in [0.15, 0.2) is 5.97 Å². The first kappa shape index (κ1) is 111. The number of nitrogens with zero attached hydrogens (tertiary/aromatic N) is 13. The van der Waals surface area contributed by atoms with Crippen molar-refractivity contribution in [3.63, 3.8) is 0 Å². The van der Waals surface area contributed by atoms with Gasteiger partial charge in [-0.1, -0.05) is 284 Å². The van der Waals surface area contributed by atoms with Crippen LogP contribution >= 0.6 is 45.7 Å². The van der Waals surface area contributed by atoms with E-state index in [9.17, 15) is 52.7 Å². The lowest BCUT2D eigenvalue weighted by molar-refractivity contribution is 0.289. The topological polar surface area (TPSA) is 211 Å². The predicted molar refractivity (Wildman–Crippen MR) is 468 cm³/mol. The van der Waals surface area contributed by atoms with Crippen LogP contribution in [-0.4, -0.2) is 79.5 Å². The van der Waals surface area contributed by atoms with Crippen molar-refractivity contribution in [1.29, 1.82) is 0 Å². The monoisotopic (exact) mass is 1790 g/mol. The summed E-state index contributed by atoms with van der Waals surface area (Å²) < 4.78 is 176. The molecule has 0 atom stereocenters. The summed E-state index contributed by atoms with van der Waals surface area (Å²) in [7, 11) is 1.68. The molecule has 33 heteroatoms. The van der Waals surface area contributed by atoms with E-state index in [1.165, 1.54) is 64.6 Å². The Hall–Kier alpha value is -8.04. The fourth-order valence-electron chi connectivity index (χ4n) is 8.84. The number of thiazole rings is 2. The number of aromatic nitrogens is 10. The zero-order valence-corrected chi connectivity index (χ0v) is 80.9. The molecule has 0 N–H and O–H groups in total. The summed E-state index contributed by atoms with van der Waals surface area (Å²) in [6.07, 6.45) is 10.9. The summed E-state index contributed by atoms with van der Waals surface area (Å²) in [6, 6.07) is 2.80. The standard InChI is InChI=1S/C8H13FN2.3C8H12FN.4C7H10FNO.4C7H10FNS/c1-8(2,3)6-5-10-7(9)11(6)4;1-8(2,3)6-4-7(9)10-5-6;1-8(2,3)6-4-5-10-7(6)9;1-8(2,3)6-4-5-7(9)10-6;1-7(2,3)5-4-10-6(8)9-5;1-7(2,3)5-4-9-6(8)10-5;1-7(2,3)5-4-10-9-6(5)8;1-7(2,3)5-4-6(8)9-10-5;1-7(2,3)5-4-10-6(8)9-5;1-7(2,3)5-4-9-6(8)10-5;1-7(2,3)5-4-10-9-6(5)8;1-7(2,3)5-4-6(8)9-10-5/h5H,1-4H3;3*4H,5H2,1-3H3;8*4H,1-3H3. The summed E-state index contributed by atoms with van der Waals surface area (Å²) in [6.45, 7) is 72.8. The quantitative estimate of drug-likeness (QED) is 0.130. The number of oxazole rings is 2.